The smallest absolute Gasteiger partial charge is 0.282 e. The van der Waals surface area contributed by atoms with Crippen LogP contribution in [0, 0.1) is 0 Å². The molecule has 0 unspecified atom stereocenters. The summed E-state index contributed by atoms with van der Waals surface area (Å²) >= 11 is 3.03. The standard InChI is InChI=1S/C9H5F2NS2/c10-9(11)12-5-1-3-13-7(5)8-6(12)2-4-14-8/h1-4,9H. The van der Waals surface area contributed by atoms with Crippen LogP contribution in [0.15, 0.2) is 22.9 Å². The molecule has 3 aromatic rings. The molecule has 0 aromatic carbocycles. The fourth-order valence-corrected chi connectivity index (χ4v) is 3.62. The third-order valence-corrected chi connectivity index (χ3v) is 4.18. The number of hydrogen-bond acceptors (Lipinski definition) is 2. The molecule has 0 radical (unpaired) electrons. The maximum atomic E-state index is 12.8. The second-order valence-electron chi connectivity index (χ2n) is 2.92. The van der Waals surface area contributed by atoms with Gasteiger partial charge in [-0.15, -0.1) is 22.7 Å². The fourth-order valence-electron chi connectivity index (χ4n) is 1.66. The lowest BCUT2D eigenvalue weighted by Crippen LogP contribution is -1.95. The number of thiophene rings is 2. The van der Waals surface area contributed by atoms with Crippen molar-refractivity contribution < 1.29 is 8.78 Å². The number of rotatable bonds is 1. The second kappa shape index (κ2) is 2.77. The Hall–Kier alpha value is -0.940. The van der Waals surface area contributed by atoms with E-state index in [0.717, 1.165) is 14.0 Å². The van der Waals surface area contributed by atoms with Gasteiger partial charge in [-0.25, -0.2) is 0 Å². The molecule has 5 heteroatoms. The van der Waals surface area contributed by atoms with Crippen LogP contribution in [0.4, 0.5) is 8.78 Å². The van der Waals surface area contributed by atoms with Crippen molar-refractivity contribution in [2.75, 3.05) is 0 Å². The van der Waals surface area contributed by atoms with Crippen molar-refractivity contribution in [1.29, 1.82) is 0 Å². The topological polar surface area (TPSA) is 4.93 Å². The summed E-state index contributed by atoms with van der Waals surface area (Å²) in [4.78, 5) is 0. The second-order valence-corrected chi connectivity index (χ2v) is 4.75. The molecule has 1 nitrogen and oxygen atoms in total. The predicted molar refractivity (Wildman–Crippen MR) is 56.5 cm³/mol. The molecule has 14 heavy (non-hydrogen) atoms. The first-order valence-electron chi connectivity index (χ1n) is 4.02. The number of fused-ring (bicyclic) bond motifs is 3. The molecule has 0 spiro atoms. The summed E-state index contributed by atoms with van der Waals surface area (Å²) in [5, 5.41) is 3.70. The van der Waals surface area contributed by atoms with Gasteiger partial charge in [-0.05, 0) is 22.9 Å². The number of halogens is 2. The molecule has 0 amide bonds. The number of hydrogen-bond donors (Lipinski definition) is 0. The van der Waals surface area contributed by atoms with Gasteiger partial charge in [0.2, 0.25) is 0 Å². The van der Waals surface area contributed by atoms with E-state index < -0.39 is 6.55 Å². The van der Waals surface area contributed by atoms with E-state index in [1.807, 2.05) is 10.8 Å². The molecule has 0 fully saturated rings. The largest absolute Gasteiger partial charge is 0.319 e. The van der Waals surface area contributed by atoms with Crippen LogP contribution >= 0.6 is 22.7 Å². The minimum atomic E-state index is -2.46. The molecule has 0 saturated carbocycles. The highest BCUT2D eigenvalue weighted by atomic mass is 32.1. The van der Waals surface area contributed by atoms with Crippen molar-refractivity contribution in [3.8, 4) is 0 Å². The molecule has 0 bridgehead atoms. The lowest BCUT2D eigenvalue weighted by molar-refractivity contribution is 0.0797. The molecule has 0 aliphatic rings. The van der Waals surface area contributed by atoms with Gasteiger partial charge < -0.3 is 0 Å². The summed E-state index contributed by atoms with van der Waals surface area (Å²) in [6, 6.07) is 3.50. The Bertz CT molecular complexity index is 542. The fraction of sp³-hybridized carbons (Fsp3) is 0.111. The molecule has 3 rings (SSSR count). The van der Waals surface area contributed by atoms with E-state index in [2.05, 4.69) is 0 Å². The average molecular weight is 229 g/mol. The highest BCUT2D eigenvalue weighted by molar-refractivity contribution is 7.25. The molecule has 0 atom stereocenters. The molecule has 0 saturated heterocycles. The van der Waals surface area contributed by atoms with Crippen molar-refractivity contribution >= 4 is 43.1 Å². The van der Waals surface area contributed by atoms with Crippen LogP contribution in [-0.4, -0.2) is 4.57 Å². The van der Waals surface area contributed by atoms with Crippen molar-refractivity contribution in [3.63, 3.8) is 0 Å². The van der Waals surface area contributed by atoms with E-state index >= 15 is 0 Å². The lowest BCUT2D eigenvalue weighted by Gasteiger charge is -2.01. The molecule has 72 valence electrons. The Kier molecular flexibility index (Phi) is 1.66. The van der Waals surface area contributed by atoms with Crippen LogP contribution in [0.2, 0.25) is 0 Å². The Morgan fingerprint density at radius 1 is 1.00 bits per heavy atom. The summed E-state index contributed by atoms with van der Waals surface area (Å²) in [5.41, 5.74) is 1.29. The molecule has 3 aromatic heterocycles. The zero-order valence-corrected chi connectivity index (χ0v) is 8.54. The van der Waals surface area contributed by atoms with Crippen LogP contribution in [0.3, 0.4) is 0 Å². The first-order chi connectivity index (χ1) is 6.79. The van der Waals surface area contributed by atoms with Gasteiger partial charge in [0.05, 0.1) is 20.4 Å². The maximum Gasteiger partial charge on any atom is 0.319 e. The van der Waals surface area contributed by atoms with E-state index in [1.54, 1.807) is 12.1 Å². The Balaban J connectivity index is 2.58. The highest BCUT2D eigenvalue weighted by Gasteiger charge is 2.17. The number of alkyl halides is 2. The van der Waals surface area contributed by atoms with E-state index in [4.69, 9.17) is 0 Å². The van der Waals surface area contributed by atoms with Crippen molar-refractivity contribution in [1.82, 2.24) is 4.57 Å². The van der Waals surface area contributed by atoms with Gasteiger partial charge in [0.25, 0.3) is 0 Å². The van der Waals surface area contributed by atoms with Gasteiger partial charge in [0.15, 0.2) is 0 Å². The molecular formula is C9H5F2NS2. The minimum absolute atomic E-state index is 0.645. The van der Waals surface area contributed by atoms with Gasteiger partial charge >= 0.3 is 6.55 Å². The third kappa shape index (κ3) is 0.911. The molecule has 0 N–H and O–H groups in total. The first-order valence-corrected chi connectivity index (χ1v) is 5.77. The predicted octanol–water partition coefficient (Wildman–Crippen LogP) is 4.31. The summed E-state index contributed by atoms with van der Waals surface area (Å²) in [6.45, 7) is -2.46. The minimum Gasteiger partial charge on any atom is -0.282 e. The van der Waals surface area contributed by atoms with Crippen LogP contribution < -0.4 is 0 Å². The van der Waals surface area contributed by atoms with E-state index in [0.29, 0.717) is 11.0 Å². The Morgan fingerprint density at radius 3 is 1.93 bits per heavy atom. The molecule has 0 aliphatic carbocycles. The SMILES string of the molecule is FC(F)n1c2ccsc2c2sccc21. The number of aromatic nitrogens is 1. The van der Waals surface area contributed by atoms with Gasteiger partial charge in [-0.2, -0.15) is 8.78 Å². The van der Waals surface area contributed by atoms with Crippen LogP contribution in [-0.2, 0) is 0 Å². The summed E-state index contributed by atoms with van der Waals surface area (Å²) < 4.78 is 28.6. The van der Waals surface area contributed by atoms with E-state index in [9.17, 15) is 8.78 Å². The highest BCUT2D eigenvalue weighted by Crippen LogP contribution is 2.38. The maximum absolute atomic E-state index is 12.8. The van der Waals surface area contributed by atoms with Crippen LogP contribution in [0.5, 0.6) is 0 Å². The zero-order valence-electron chi connectivity index (χ0n) is 6.91. The van der Waals surface area contributed by atoms with Gasteiger partial charge in [0.1, 0.15) is 0 Å². The average Bonchev–Trinajstić information content (AvgIpc) is 2.70. The van der Waals surface area contributed by atoms with Gasteiger partial charge in [0, 0.05) is 0 Å². The van der Waals surface area contributed by atoms with Crippen LogP contribution in [0.25, 0.3) is 20.4 Å². The molecule has 0 aliphatic heterocycles. The summed E-state index contributed by atoms with van der Waals surface area (Å²) in [6.07, 6.45) is 0. The van der Waals surface area contributed by atoms with Crippen molar-refractivity contribution in [2.45, 2.75) is 6.55 Å². The Morgan fingerprint density at radius 2 is 1.50 bits per heavy atom. The molecular weight excluding hydrogens is 224 g/mol. The lowest BCUT2D eigenvalue weighted by atomic mass is 10.5. The van der Waals surface area contributed by atoms with Crippen LogP contribution in [0.1, 0.15) is 6.55 Å². The quantitative estimate of drug-likeness (QED) is 0.586. The van der Waals surface area contributed by atoms with Crippen molar-refractivity contribution in [2.24, 2.45) is 0 Å². The summed E-state index contributed by atoms with van der Waals surface area (Å²) in [5.74, 6) is 0. The monoisotopic (exact) mass is 229 g/mol. The Labute approximate surface area is 86.2 Å². The normalized spacial score (nSPS) is 12.2. The third-order valence-electron chi connectivity index (χ3n) is 2.21. The van der Waals surface area contributed by atoms with Crippen molar-refractivity contribution in [3.05, 3.63) is 22.9 Å². The zero-order chi connectivity index (χ0) is 9.71. The van der Waals surface area contributed by atoms with E-state index in [-0.39, 0.29) is 0 Å². The molecule has 3 heterocycles. The number of nitrogens with zero attached hydrogens (tertiary/aromatic N) is 1. The van der Waals surface area contributed by atoms with Gasteiger partial charge in [-0.3, -0.25) is 4.57 Å². The van der Waals surface area contributed by atoms with Gasteiger partial charge in [-0.1, -0.05) is 0 Å². The first kappa shape index (κ1) is 8.38. The summed E-state index contributed by atoms with van der Waals surface area (Å²) in [7, 11) is 0. The van der Waals surface area contributed by atoms with E-state index in [1.165, 1.54) is 22.7 Å².